The predicted octanol–water partition coefficient (Wildman–Crippen LogP) is 3.15. The van der Waals surface area contributed by atoms with E-state index in [1.165, 1.54) is 0 Å². The highest BCUT2D eigenvalue weighted by Crippen LogP contribution is 2.28. The maximum Gasteiger partial charge on any atom is 0.410 e. The highest BCUT2D eigenvalue weighted by molar-refractivity contribution is 5.99. The third-order valence-electron chi connectivity index (χ3n) is 5.27. The normalized spacial score (nSPS) is 18.2. The van der Waals surface area contributed by atoms with Crippen LogP contribution in [0.25, 0.3) is 0 Å². The molecule has 1 fully saturated rings. The van der Waals surface area contributed by atoms with Gasteiger partial charge in [0, 0.05) is 25.3 Å². The van der Waals surface area contributed by atoms with Crippen LogP contribution in [0.2, 0.25) is 0 Å². The number of nitrogens with zero attached hydrogens (tertiary/aromatic N) is 2. The van der Waals surface area contributed by atoms with Crippen molar-refractivity contribution in [3.8, 4) is 0 Å². The van der Waals surface area contributed by atoms with Crippen LogP contribution in [0.1, 0.15) is 46.1 Å². The molecule has 1 atom stereocenters. The third-order valence-corrected chi connectivity index (χ3v) is 5.27. The van der Waals surface area contributed by atoms with Crippen molar-refractivity contribution in [1.29, 1.82) is 0 Å². The van der Waals surface area contributed by atoms with Crippen molar-refractivity contribution in [3.63, 3.8) is 0 Å². The largest absolute Gasteiger partial charge is 0.452 e. The Bertz CT molecular complexity index is 778. The van der Waals surface area contributed by atoms with Crippen molar-refractivity contribution in [2.24, 2.45) is 5.92 Å². The van der Waals surface area contributed by atoms with Crippen LogP contribution >= 0.6 is 0 Å². The summed E-state index contributed by atoms with van der Waals surface area (Å²) >= 11 is 0. The van der Waals surface area contributed by atoms with Gasteiger partial charge in [0.25, 0.3) is 5.91 Å². The first-order valence-corrected chi connectivity index (χ1v) is 10.2. The van der Waals surface area contributed by atoms with Crippen LogP contribution < -0.4 is 4.90 Å². The molecule has 1 aromatic carbocycles. The fourth-order valence-electron chi connectivity index (χ4n) is 3.73. The summed E-state index contributed by atoms with van der Waals surface area (Å²) in [5, 5.41) is 0. The number of ether oxygens (including phenoxy) is 2. The molecule has 0 spiro atoms. The first kappa shape index (κ1) is 21.1. The molecule has 7 heteroatoms. The monoisotopic (exact) mass is 402 g/mol. The quantitative estimate of drug-likeness (QED) is 0.726. The Labute approximate surface area is 171 Å². The molecule has 0 saturated carbocycles. The lowest BCUT2D eigenvalue weighted by Crippen LogP contribution is -2.44. The van der Waals surface area contributed by atoms with Gasteiger partial charge in [-0.25, -0.2) is 4.79 Å². The molecule has 29 heavy (non-hydrogen) atoms. The van der Waals surface area contributed by atoms with E-state index < -0.39 is 11.7 Å². The topological polar surface area (TPSA) is 76.1 Å². The number of likely N-dealkylation sites (tertiary alicyclic amines) is 1. The zero-order valence-electron chi connectivity index (χ0n) is 17.6. The highest BCUT2D eigenvalue weighted by atomic mass is 16.6. The molecule has 0 N–H and O–H groups in total. The summed E-state index contributed by atoms with van der Waals surface area (Å²) in [4.78, 5) is 40.8. The van der Waals surface area contributed by atoms with Crippen molar-refractivity contribution in [3.05, 3.63) is 29.8 Å². The summed E-state index contributed by atoms with van der Waals surface area (Å²) in [6.07, 6.45) is 0.626. The molecule has 1 aromatic rings. The lowest BCUT2D eigenvalue weighted by atomic mass is 9.97. The molecule has 2 amide bonds. The molecule has 0 bridgehead atoms. The number of carbonyl (C=O) groups excluding carboxylic acids is 3. The summed E-state index contributed by atoms with van der Waals surface area (Å²) in [6.45, 7) is 8.59. The minimum atomic E-state index is -0.836. The maximum absolute atomic E-state index is 12.8. The van der Waals surface area contributed by atoms with Crippen LogP contribution in [-0.4, -0.2) is 54.2 Å². The number of hydrogen-bond acceptors (Lipinski definition) is 5. The molecule has 158 valence electrons. The molecular weight excluding hydrogens is 372 g/mol. The zero-order valence-corrected chi connectivity index (χ0v) is 17.6. The lowest BCUT2D eigenvalue weighted by Gasteiger charge is -2.33. The van der Waals surface area contributed by atoms with Gasteiger partial charge in [-0.3, -0.25) is 9.59 Å². The second-order valence-corrected chi connectivity index (χ2v) is 8.69. The Morgan fingerprint density at radius 2 is 1.72 bits per heavy atom. The van der Waals surface area contributed by atoms with Gasteiger partial charge in [-0.1, -0.05) is 18.2 Å². The molecule has 2 heterocycles. The number of anilines is 1. The molecule has 0 aromatic heterocycles. The lowest BCUT2D eigenvalue weighted by molar-refractivity contribution is -0.159. The minimum Gasteiger partial charge on any atom is -0.452 e. The van der Waals surface area contributed by atoms with Crippen LogP contribution in [0.3, 0.4) is 0 Å². The molecule has 3 rings (SSSR count). The first-order chi connectivity index (χ1) is 13.7. The van der Waals surface area contributed by atoms with Crippen LogP contribution in [0.5, 0.6) is 0 Å². The summed E-state index contributed by atoms with van der Waals surface area (Å²) in [7, 11) is 0. The van der Waals surface area contributed by atoms with Crippen LogP contribution in [0.4, 0.5) is 10.5 Å². The molecule has 7 nitrogen and oxygen atoms in total. The Kier molecular flexibility index (Phi) is 6.15. The molecular formula is C22H30N2O5. The SMILES string of the molecule is C[C@@H](OC(=O)C1CCN(C(=O)OC(C)(C)C)CC1)C(=O)N1CCc2ccccc21. The van der Waals surface area contributed by atoms with E-state index in [-0.39, 0.29) is 23.9 Å². The fraction of sp³-hybridized carbons (Fsp3) is 0.591. The number of benzene rings is 1. The van der Waals surface area contributed by atoms with Gasteiger partial charge in [-0.2, -0.15) is 0 Å². The second kappa shape index (κ2) is 8.43. The Hall–Kier alpha value is -2.57. The molecule has 0 radical (unpaired) electrons. The summed E-state index contributed by atoms with van der Waals surface area (Å²) in [6, 6.07) is 7.79. The number of rotatable bonds is 3. The van der Waals surface area contributed by atoms with Crippen LogP contribution in [0.15, 0.2) is 24.3 Å². The number of esters is 1. The van der Waals surface area contributed by atoms with Crippen molar-refractivity contribution >= 4 is 23.7 Å². The number of carbonyl (C=O) groups is 3. The molecule has 1 saturated heterocycles. The van der Waals surface area contributed by atoms with E-state index in [2.05, 4.69) is 0 Å². The van der Waals surface area contributed by atoms with E-state index in [0.717, 1.165) is 17.7 Å². The molecule has 0 unspecified atom stereocenters. The van der Waals surface area contributed by atoms with E-state index in [9.17, 15) is 14.4 Å². The minimum absolute atomic E-state index is 0.200. The van der Waals surface area contributed by atoms with Crippen molar-refractivity contribution in [2.45, 2.75) is 58.7 Å². The van der Waals surface area contributed by atoms with Gasteiger partial charge in [-0.05, 0) is 58.6 Å². The standard InChI is InChI=1S/C22H30N2O5/c1-15(19(25)24-14-11-16-7-5-6-8-18(16)24)28-20(26)17-9-12-23(13-10-17)21(27)29-22(2,3)4/h5-8,15,17H,9-14H2,1-4H3/t15-/m1/s1. The van der Waals surface area contributed by atoms with Crippen molar-refractivity contribution in [1.82, 2.24) is 4.90 Å². The van der Waals surface area contributed by atoms with Gasteiger partial charge in [0.05, 0.1) is 5.92 Å². The van der Waals surface area contributed by atoms with E-state index >= 15 is 0 Å². The average Bonchev–Trinajstić information content (AvgIpc) is 3.10. The third kappa shape index (κ3) is 5.08. The highest BCUT2D eigenvalue weighted by Gasteiger charge is 2.34. The zero-order chi connectivity index (χ0) is 21.2. The van der Waals surface area contributed by atoms with E-state index in [4.69, 9.17) is 9.47 Å². The first-order valence-electron chi connectivity index (χ1n) is 10.2. The Balaban J connectivity index is 1.50. The van der Waals surface area contributed by atoms with Gasteiger partial charge >= 0.3 is 12.1 Å². The van der Waals surface area contributed by atoms with Gasteiger partial charge in [0.15, 0.2) is 6.10 Å². The number of amides is 2. The van der Waals surface area contributed by atoms with Gasteiger partial charge in [0.1, 0.15) is 5.60 Å². The van der Waals surface area contributed by atoms with E-state index in [1.807, 2.05) is 45.0 Å². The smallest absolute Gasteiger partial charge is 0.410 e. The summed E-state index contributed by atoms with van der Waals surface area (Å²) in [5.41, 5.74) is 1.48. The van der Waals surface area contributed by atoms with Crippen LogP contribution in [-0.2, 0) is 25.5 Å². The molecule has 0 aliphatic carbocycles. The fourth-order valence-corrected chi connectivity index (χ4v) is 3.73. The number of hydrogen-bond donors (Lipinski definition) is 0. The number of fused-ring (bicyclic) bond motifs is 1. The van der Waals surface area contributed by atoms with Crippen molar-refractivity contribution < 1.29 is 23.9 Å². The van der Waals surface area contributed by atoms with Gasteiger partial charge in [-0.15, -0.1) is 0 Å². The van der Waals surface area contributed by atoms with Crippen LogP contribution in [0, 0.1) is 5.92 Å². The van der Waals surface area contributed by atoms with Crippen molar-refractivity contribution in [2.75, 3.05) is 24.5 Å². The van der Waals surface area contributed by atoms with E-state index in [1.54, 1.807) is 16.7 Å². The van der Waals surface area contributed by atoms with Gasteiger partial charge < -0.3 is 19.3 Å². The average molecular weight is 402 g/mol. The van der Waals surface area contributed by atoms with Gasteiger partial charge in [0.2, 0.25) is 0 Å². The Morgan fingerprint density at radius 3 is 2.38 bits per heavy atom. The second-order valence-electron chi connectivity index (χ2n) is 8.69. The summed E-state index contributed by atoms with van der Waals surface area (Å²) < 4.78 is 10.9. The number of para-hydroxylation sites is 1. The Morgan fingerprint density at radius 1 is 1.07 bits per heavy atom. The number of piperidine rings is 1. The van der Waals surface area contributed by atoms with E-state index in [0.29, 0.717) is 32.5 Å². The molecule has 2 aliphatic rings. The molecule has 2 aliphatic heterocycles. The predicted molar refractivity (Wildman–Crippen MR) is 109 cm³/mol. The maximum atomic E-state index is 12.8. The summed E-state index contributed by atoms with van der Waals surface area (Å²) in [5.74, 6) is -0.883.